The number of carbonyl (C=O) groups is 6. The van der Waals surface area contributed by atoms with Crippen LogP contribution in [0.5, 0.6) is 5.75 Å². The summed E-state index contributed by atoms with van der Waals surface area (Å²) in [5.41, 5.74) is 44.9. The Morgan fingerprint density at radius 3 is 1.06 bits per heavy atom. The number of hydrogen-bond donors (Lipinski definition) is 26. The van der Waals surface area contributed by atoms with E-state index in [4.69, 9.17) is 117 Å². The van der Waals surface area contributed by atoms with Crippen molar-refractivity contribution < 1.29 is 219 Å². The minimum atomic E-state index is -2.44. The van der Waals surface area contributed by atoms with Gasteiger partial charge in [0.05, 0.1) is 94.6 Å². The SMILES string of the molecule is CC[C@@H]1O[C@H](O[C@H]2[C@@H](O)[C@H](O[C@@H]3[C@@H](O)[C@H](N)C[C@H](N)[C@H]3O[C@H]3O[C@H](CO)[C@@H](O)[C@H](O)[C@H]3N)O[C@@H]2CO)[C@H](N)[C@@H](O)[C@@H]1O.CC[C@@H]1O[C@H](O[C@H]2[C@@H](O)[C@H](O[C@@H]3[C@@H](O)[C@H](NC(=O)[C@H](CCNC(=O)OCc4ccccc4)OC(=O)c4ccccc4)C[C@H](N)[C@H]3O[C@H]3O[C@H](CO)[C@@H](O)[C@H](O)[C@H]3N)O[C@@H]2CO)[C@H](N)[C@@H](O)[C@@H]1O.O=C(NCC[C@H](OC(=O)c1ccccc1)C(=O)Oc1c(F)c(F)c(F)c(F)c1F)OCc1ccccc1.[2H]CF. The molecule has 2 saturated carbocycles. The van der Waals surface area contributed by atoms with Crippen LogP contribution in [0.15, 0.2) is 121 Å². The molecule has 5 aromatic carbocycles. The van der Waals surface area contributed by atoms with Gasteiger partial charge < -0.3 is 218 Å². The number of ether oxygens (including phenoxy) is 17. The van der Waals surface area contributed by atoms with Crippen molar-refractivity contribution in [2.75, 3.05) is 46.7 Å². The third kappa shape index (κ3) is 30.2. The number of nitrogens with one attached hydrogen (secondary N) is 3. The van der Waals surface area contributed by atoms with Crippen molar-refractivity contribution in [1.29, 1.82) is 0 Å². The van der Waals surface area contributed by atoms with Gasteiger partial charge in [-0.3, -0.25) is 9.18 Å². The maximum absolute atomic E-state index is 14.1. The van der Waals surface area contributed by atoms with Crippen LogP contribution in [0.4, 0.5) is 35.9 Å². The molecule has 40 atom stereocenters. The number of alkyl halides is 1. The molecule has 6 saturated heterocycles. The number of amides is 3. The molecule has 0 bridgehead atoms. The van der Waals surface area contributed by atoms with Gasteiger partial charge in [-0.25, -0.2) is 37.1 Å². The lowest BCUT2D eigenvalue weighted by molar-refractivity contribution is -0.311. The Balaban J connectivity index is 0.000000239. The summed E-state index contributed by atoms with van der Waals surface area (Å²) < 4.78 is 179. The molecule has 828 valence electrons. The summed E-state index contributed by atoms with van der Waals surface area (Å²) in [7, 11) is -1.00. The lowest BCUT2D eigenvalue weighted by Crippen LogP contribution is -2.69. The van der Waals surface area contributed by atoms with Gasteiger partial charge in [0, 0.05) is 44.1 Å². The number of benzene rings is 5. The zero-order chi connectivity index (χ0) is 109. The Morgan fingerprint density at radius 1 is 0.378 bits per heavy atom. The standard InChI is InChI=1S/C43H63N5O19.C25H18F5NO6.C24H46N4O14.CH3F/c1-2-23-30(52)32(54)27(45)40(62-23)66-36-26(17-50)64-42(34(36)56)67-37-29(51)22(15-21(44)35(37)65-41-28(46)33(55)31(53)25(16-49)63-41)48-38(57)24(61-39(58)20-11-7-4-8-12-20)13-14-47-43(59)60-18-19-9-5-3-6-10-19;26-17-18(27)20(29)22(21(30)19(17)28)37-24(33)16(36-23(32)15-9-5-2-6-10-15)11-12-31-25(34)35-13-14-7-3-1-4-8-14;1-2-8-14(32)16(34)11(27)22(37-8)41-20-10(5-30)39-24(18(20)36)42-21-13(31)6(25)3-7(26)19(21)40-23-12(28)17(35)15(33)9(4-29)38-23;1-2/h3-12,21-37,40-42,49-56H,2,13-18,44-46H2,1H3,(H,47,59)(H,48,57);1-10,16H,11-13H2,(H,31,34);6-24,29-36H,2-5,25-28H2,1H3;1H3/t21-,22+,23-,24-,25+,26+,27+,28+,29-,30+,31+,32+,33+,34+,35+,36+,37+,40+,41+,42-;16-;6-,7+,8+,9-,10-,11-,12-,13+,14-,15-,16-,17-,18-,19-,20-,21-,22-,23-,24+;/m001./s1/i;;;1D. The van der Waals surface area contributed by atoms with Crippen LogP contribution in [0, 0.1) is 29.1 Å². The van der Waals surface area contributed by atoms with Crippen LogP contribution in [0.3, 0.4) is 0 Å². The minimum Gasteiger partial charge on any atom is -0.449 e. The van der Waals surface area contributed by atoms with E-state index in [1.54, 1.807) is 98.8 Å². The van der Waals surface area contributed by atoms with Crippen LogP contribution in [0.25, 0.3) is 0 Å². The third-order valence-electron chi connectivity index (χ3n) is 25.5. The van der Waals surface area contributed by atoms with E-state index in [0.29, 0.717) is 12.0 Å². The molecule has 33 N–H and O–H groups in total. The van der Waals surface area contributed by atoms with Crippen molar-refractivity contribution in [3.63, 3.8) is 0 Å². The molecule has 0 radical (unpaired) electrons. The van der Waals surface area contributed by atoms with Crippen molar-refractivity contribution in [3.8, 4) is 5.75 Å². The van der Waals surface area contributed by atoms with Crippen LogP contribution in [-0.4, -0.2) is 409 Å². The summed E-state index contributed by atoms with van der Waals surface area (Å²) in [6, 6.07) is 23.1. The number of aliphatic hydroxyl groups excluding tert-OH is 16. The predicted octanol–water partition coefficient (Wildman–Crippen LogP) is -6.71. The van der Waals surface area contributed by atoms with Crippen molar-refractivity contribution in [2.24, 2.45) is 40.1 Å². The summed E-state index contributed by atoms with van der Waals surface area (Å²) in [5, 5.41) is 176. The number of alkyl carbamates (subject to hydrolysis) is 2. The lowest BCUT2D eigenvalue weighted by atomic mass is 9.83. The lowest BCUT2D eigenvalue weighted by Gasteiger charge is -2.48. The summed E-state index contributed by atoms with van der Waals surface area (Å²) in [4.78, 5) is 76.8. The first-order valence-corrected chi connectivity index (χ1v) is 47.1. The molecule has 8 aliphatic rings. The van der Waals surface area contributed by atoms with Gasteiger partial charge in [-0.2, -0.15) is 8.78 Å². The van der Waals surface area contributed by atoms with E-state index in [9.17, 15) is 137 Å². The average Bonchev–Trinajstić information content (AvgIpc) is 1.70. The van der Waals surface area contributed by atoms with Gasteiger partial charge in [-0.1, -0.05) is 111 Å². The molecule has 148 heavy (non-hydrogen) atoms. The van der Waals surface area contributed by atoms with E-state index in [0.717, 1.165) is 5.56 Å². The highest BCUT2D eigenvalue weighted by Crippen LogP contribution is 2.40. The van der Waals surface area contributed by atoms with Crippen LogP contribution < -0.4 is 60.8 Å². The van der Waals surface area contributed by atoms with E-state index in [-0.39, 0.29) is 63.1 Å². The van der Waals surface area contributed by atoms with Crippen molar-refractivity contribution in [1.82, 2.24) is 16.0 Å². The van der Waals surface area contributed by atoms with Crippen molar-refractivity contribution >= 4 is 36.0 Å². The van der Waals surface area contributed by atoms with Crippen molar-refractivity contribution in [3.05, 3.63) is 173 Å². The molecule has 8 fully saturated rings. The number of halogens is 6. The van der Waals surface area contributed by atoms with Gasteiger partial charge in [0.1, 0.15) is 141 Å². The normalized spacial score (nSPS) is 35.5. The van der Waals surface area contributed by atoms with Crippen LogP contribution in [0.1, 0.15) is 85.6 Å². The van der Waals surface area contributed by atoms with Crippen LogP contribution >= 0.6 is 0 Å². The highest BCUT2D eigenvalue weighted by atomic mass is 19.2. The Morgan fingerprint density at radius 2 is 0.689 bits per heavy atom. The fourth-order valence-corrected chi connectivity index (χ4v) is 17.1. The quantitative estimate of drug-likeness (QED) is 0.00443. The molecule has 13 rings (SSSR count). The molecular weight excluding hydrogens is 2000 g/mol. The largest absolute Gasteiger partial charge is 0.449 e. The molecule has 5 aromatic rings. The molecule has 0 unspecified atom stereocenters. The second-order valence-electron chi connectivity index (χ2n) is 35.6. The van der Waals surface area contributed by atoms with Gasteiger partial charge in [-0.05, 0) is 61.1 Å². The molecule has 55 heteroatoms. The van der Waals surface area contributed by atoms with Gasteiger partial charge in [0.2, 0.25) is 40.9 Å². The number of hydrogen-bond acceptors (Lipinski definition) is 46. The Kier molecular flexibility index (Phi) is 45.7. The highest BCUT2D eigenvalue weighted by molar-refractivity contribution is 5.93. The molecule has 2 aliphatic carbocycles. The minimum absolute atomic E-state index is 0.00763. The first kappa shape index (κ1) is 119. The molecule has 49 nitrogen and oxygen atoms in total. The second kappa shape index (κ2) is 56.9. The van der Waals surface area contributed by atoms with Crippen LogP contribution in [-0.2, 0) is 98.6 Å². The predicted molar refractivity (Wildman–Crippen MR) is 488 cm³/mol. The number of carbonyl (C=O) groups excluding carboxylic acids is 6. The van der Waals surface area contributed by atoms with Gasteiger partial charge in [-0.15, -0.1) is 0 Å². The van der Waals surface area contributed by atoms with Crippen LogP contribution in [0.2, 0.25) is 0 Å². The number of esters is 3. The molecule has 6 heterocycles. The monoisotopic (exact) mass is 2130 g/mol. The maximum Gasteiger partial charge on any atom is 0.407 e. The van der Waals surface area contributed by atoms with E-state index in [2.05, 4.69) is 20.7 Å². The fraction of sp³-hybridized carbons (Fsp3) is 0.613. The number of rotatable bonds is 36. The molecule has 3 amide bonds. The van der Waals surface area contributed by atoms with E-state index in [1.165, 1.54) is 36.4 Å². The van der Waals surface area contributed by atoms with Crippen molar-refractivity contribution in [2.45, 2.75) is 310 Å². The Bertz CT molecular complexity index is 4950. The summed E-state index contributed by atoms with van der Waals surface area (Å²) >= 11 is 0. The Labute approximate surface area is 843 Å². The van der Waals surface area contributed by atoms with Gasteiger partial charge in [0.25, 0.3) is 5.91 Å². The molecule has 6 aliphatic heterocycles. The molecular formula is C93H130F6N10O39. The van der Waals surface area contributed by atoms with E-state index in [1.807, 2.05) is 0 Å². The summed E-state index contributed by atoms with van der Waals surface area (Å²) in [6.07, 6.45) is -48.0. The van der Waals surface area contributed by atoms with E-state index >= 15 is 0 Å². The van der Waals surface area contributed by atoms with E-state index < -0.39 is 356 Å². The second-order valence-corrected chi connectivity index (χ2v) is 35.6. The molecule has 0 aromatic heterocycles. The fourth-order valence-electron chi connectivity index (χ4n) is 17.1. The summed E-state index contributed by atoms with van der Waals surface area (Å²) in [5.74, 6) is -18.2. The number of nitrogens with two attached hydrogens (primary N) is 7. The maximum atomic E-state index is 14.1. The first-order valence-electron chi connectivity index (χ1n) is 47.8. The zero-order valence-electron chi connectivity index (χ0n) is 80.6. The molecule has 0 spiro atoms. The third-order valence-corrected chi connectivity index (χ3v) is 25.5. The average molecular weight is 2130 g/mol. The van der Waals surface area contributed by atoms with Gasteiger partial charge in [0.15, 0.2) is 43.8 Å². The Hall–Kier alpha value is -9.30. The first-order chi connectivity index (χ1) is 71.0. The zero-order valence-corrected chi connectivity index (χ0v) is 79.6. The topological polar surface area (TPSA) is 801 Å². The van der Waals surface area contributed by atoms with Gasteiger partial charge >= 0.3 is 30.1 Å². The highest BCUT2D eigenvalue weighted by Gasteiger charge is 2.59. The smallest absolute Gasteiger partial charge is 0.407 e. The number of aliphatic hydroxyl groups is 16. The summed E-state index contributed by atoms with van der Waals surface area (Å²) in [6.45, 7) is -0.0436.